The van der Waals surface area contributed by atoms with Crippen LogP contribution in [0.3, 0.4) is 0 Å². The summed E-state index contributed by atoms with van der Waals surface area (Å²) < 4.78 is 0. The Balaban J connectivity index is 1.80. The first-order chi connectivity index (χ1) is 11.1. The van der Waals surface area contributed by atoms with Crippen LogP contribution in [0.1, 0.15) is 31.7 Å². The molecule has 126 valence electrons. The van der Waals surface area contributed by atoms with E-state index in [0.717, 1.165) is 19.4 Å². The van der Waals surface area contributed by atoms with Gasteiger partial charge in [-0.1, -0.05) is 30.3 Å². The van der Waals surface area contributed by atoms with Gasteiger partial charge < -0.3 is 15.5 Å². The van der Waals surface area contributed by atoms with Gasteiger partial charge in [-0.2, -0.15) is 0 Å². The number of benzene rings is 1. The molecule has 5 heteroatoms. The van der Waals surface area contributed by atoms with Gasteiger partial charge >= 0.3 is 0 Å². The molecular weight excluding hydrogens is 290 g/mol. The van der Waals surface area contributed by atoms with Crippen LogP contribution in [0.5, 0.6) is 0 Å². The average Bonchev–Trinajstić information content (AvgIpc) is 2.79. The predicted octanol–water partition coefficient (Wildman–Crippen LogP) is 1.42. The van der Waals surface area contributed by atoms with Crippen LogP contribution in [0.2, 0.25) is 0 Å². The molecule has 1 heterocycles. The lowest BCUT2D eigenvalue weighted by Crippen LogP contribution is -2.39. The van der Waals surface area contributed by atoms with Gasteiger partial charge in [-0.05, 0) is 25.3 Å². The molecule has 0 saturated carbocycles. The molecule has 5 nitrogen and oxygen atoms in total. The molecule has 0 radical (unpaired) electrons. The van der Waals surface area contributed by atoms with E-state index in [2.05, 4.69) is 0 Å². The molecule has 1 atom stereocenters. The summed E-state index contributed by atoms with van der Waals surface area (Å²) in [5.41, 5.74) is 6.88. The van der Waals surface area contributed by atoms with Crippen molar-refractivity contribution in [1.29, 1.82) is 0 Å². The highest BCUT2D eigenvalue weighted by Crippen LogP contribution is 2.09. The maximum absolute atomic E-state index is 12.4. The lowest BCUT2D eigenvalue weighted by Gasteiger charge is -2.23. The van der Waals surface area contributed by atoms with Crippen LogP contribution in [0.15, 0.2) is 30.3 Å². The maximum Gasteiger partial charge on any atom is 0.224 e. The van der Waals surface area contributed by atoms with Crippen LogP contribution in [0.4, 0.5) is 0 Å². The number of carbonyl (C=O) groups excluding carboxylic acids is 2. The highest BCUT2D eigenvalue weighted by molar-refractivity contribution is 5.78. The number of nitrogens with zero attached hydrogens (tertiary/aromatic N) is 2. The molecule has 1 unspecified atom stereocenters. The summed E-state index contributed by atoms with van der Waals surface area (Å²) in [6.07, 6.45) is 2.50. The molecule has 1 aromatic carbocycles. The van der Waals surface area contributed by atoms with Crippen molar-refractivity contribution in [3.05, 3.63) is 35.9 Å². The zero-order valence-electron chi connectivity index (χ0n) is 13.9. The minimum atomic E-state index is -0.116. The maximum atomic E-state index is 12.4. The minimum Gasteiger partial charge on any atom is -0.341 e. The molecule has 2 rings (SSSR count). The summed E-state index contributed by atoms with van der Waals surface area (Å²) in [6, 6.07) is 9.94. The van der Waals surface area contributed by atoms with Crippen molar-refractivity contribution < 1.29 is 9.59 Å². The molecule has 1 aliphatic rings. The normalized spacial score (nSPS) is 16.8. The molecule has 0 bridgehead atoms. The number of rotatable bonds is 5. The van der Waals surface area contributed by atoms with Gasteiger partial charge in [0.15, 0.2) is 0 Å². The topological polar surface area (TPSA) is 66.6 Å². The fraction of sp³-hybridized carbons (Fsp3) is 0.556. The Hall–Kier alpha value is -1.88. The molecule has 2 amide bonds. The molecule has 1 saturated heterocycles. The first-order valence-corrected chi connectivity index (χ1v) is 8.41. The van der Waals surface area contributed by atoms with Crippen molar-refractivity contribution in [3.8, 4) is 0 Å². The third kappa shape index (κ3) is 5.67. The summed E-state index contributed by atoms with van der Waals surface area (Å²) in [5, 5.41) is 0. The molecule has 0 spiro atoms. The van der Waals surface area contributed by atoms with E-state index in [9.17, 15) is 9.59 Å². The van der Waals surface area contributed by atoms with E-state index in [1.54, 1.807) is 0 Å². The van der Waals surface area contributed by atoms with E-state index in [-0.39, 0.29) is 17.9 Å². The Labute approximate surface area is 138 Å². The van der Waals surface area contributed by atoms with Crippen LogP contribution < -0.4 is 5.73 Å². The lowest BCUT2D eigenvalue weighted by atomic mass is 10.1. The van der Waals surface area contributed by atoms with E-state index < -0.39 is 0 Å². The number of aryl methyl sites for hydroxylation is 1. The van der Waals surface area contributed by atoms with E-state index in [4.69, 9.17) is 5.73 Å². The predicted molar refractivity (Wildman–Crippen MR) is 90.8 cm³/mol. The Morgan fingerprint density at radius 2 is 1.65 bits per heavy atom. The van der Waals surface area contributed by atoms with Crippen LogP contribution in [0.25, 0.3) is 0 Å². The summed E-state index contributed by atoms with van der Waals surface area (Å²) in [7, 11) is 0. The van der Waals surface area contributed by atoms with Crippen molar-refractivity contribution in [2.75, 3.05) is 26.2 Å². The Kier molecular flexibility index (Phi) is 6.59. The summed E-state index contributed by atoms with van der Waals surface area (Å²) in [5.74, 6) is 0.272. The number of amides is 2. The second-order valence-electron chi connectivity index (χ2n) is 6.28. The van der Waals surface area contributed by atoms with E-state index in [1.807, 2.05) is 47.1 Å². The zero-order valence-corrected chi connectivity index (χ0v) is 13.9. The van der Waals surface area contributed by atoms with Crippen molar-refractivity contribution >= 4 is 11.8 Å². The van der Waals surface area contributed by atoms with Gasteiger partial charge in [0.2, 0.25) is 11.8 Å². The quantitative estimate of drug-likeness (QED) is 0.893. The van der Waals surface area contributed by atoms with Crippen molar-refractivity contribution in [2.45, 2.75) is 38.6 Å². The number of hydrogen-bond acceptors (Lipinski definition) is 3. The Bertz CT molecular complexity index is 516. The first-order valence-electron chi connectivity index (χ1n) is 8.41. The van der Waals surface area contributed by atoms with E-state index in [0.29, 0.717) is 32.5 Å². The van der Waals surface area contributed by atoms with Gasteiger partial charge in [-0.25, -0.2) is 0 Å². The largest absolute Gasteiger partial charge is 0.341 e. The van der Waals surface area contributed by atoms with Gasteiger partial charge in [0.1, 0.15) is 0 Å². The molecule has 23 heavy (non-hydrogen) atoms. The fourth-order valence-electron chi connectivity index (χ4n) is 2.87. The van der Waals surface area contributed by atoms with Crippen molar-refractivity contribution in [1.82, 2.24) is 9.80 Å². The summed E-state index contributed by atoms with van der Waals surface area (Å²) >= 11 is 0. The number of hydrogen-bond donors (Lipinski definition) is 1. The molecule has 0 aliphatic carbocycles. The van der Waals surface area contributed by atoms with Gasteiger partial charge in [-0.15, -0.1) is 0 Å². The number of nitrogens with two attached hydrogens (primary N) is 1. The molecule has 0 aromatic heterocycles. The van der Waals surface area contributed by atoms with E-state index in [1.165, 1.54) is 5.56 Å². The second kappa shape index (κ2) is 8.67. The molecular formula is C18H27N3O2. The minimum absolute atomic E-state index is 0.0959. The van der Waals surface area contributed by atoms with Crippen molar-refractivity contribution in [3.63, 3.8) is 0 Å². The van der Waals surface area contributed by atoms with Gasteiger partial charge in [0.25, 0.3) is 0 Å². The standard InChI is InChI=1S/C18H27N3O2/c1-15(19)14-18(23)21-11-5-10-20(12-13-21)17(22)9-8-16-6-3-2-4-7-16/h2-4,6-7,15H,5,8-14,19H2,1H3. The molecule has 1 fully saturated rings. The lowest BCUT2D eigenvalue weighted by molar-refractivity contribution is -0.133. The highest BCUT2D eigenvalue weighted by Gasteiger charge is 2.22. The highest BCUT2D eigenvalue weighted by atomic mass is 16.2. The molecule has 2 N–H and O–H groups in total. The summed E-state index contributed by atoms with van der Waals surface area (Å²) in [6.45, 7) is 4.53. The average molecular weight is 317 g/mol. The SMILES string of the molecule is CC(N)CC(=O)N1CCCN(C(=O)CCc2ccccc2)CC1. The van der Waals surface area contributed by atoms with Gasteiger partial charge in [0, 0.05) is 45.1 Å². The van der Waals surface area contributed by atoms with Crippen LogP contribution in [0, 0.1) is 0 Å². The van der Waals surface area contributed by atoms with Gasteiger partial charge in [0.05, 0.1) is 0 Å². The third-order valence-corrected chi connectivity index (χ3v) is 4.17. The van der Waals surface area contributed by atoms with Gasteiger partial charge in [-0.3, -0.25) is 9.59 Å². The van der Waals surface area contributed by atoms with Crippen molar-refractivity contribution in [2.24, 2.45) is 5.73 Å². The number of carbonyl (C=O) groups is 2. The van der Waals surface area contributed by atoms with Crippen LogP contribution >= 0.6 is 0 Å². The fourth-order valence-corrected chi connectivity index (χ4v) is 2.87. The third-order valence-electron chi connectivity index (χ3n) is 4.17. The smallest absolute Gasteiger partial charge is 0.224 e. The van der Waals surface area contributed by atoms with Crippen LogP contribution in [-0.2, 0) is 16.0 Å². The van der Waals surface area contributed by atoms with Crippen LogP contribution in [-0.4, -0.2) is 53.8 Å². The summed E-state index contributed by atoms with van der Waals surface area (Å²) in [4.78, 5) is 28.2. The Morgan fingerprint density at radius 3 is 2.26 bits per heavy atom. The van der Waals surface area contributed by atoms with E-state index >= 15 is 0 Å². The molecule has 1 aromatic rings. The monoisotopic (exact) mass is 317 g/mol. The zero-order chi connectivity index (χ0) is 16.7. The Morgan fingerprint density at radius 1 is 1.04 bits per heavy atom. The second-order valence-corrected chi connectivity index (χ2v) is 6.28. The molecule has 1 aliphatic heterocycles. The first kappa shape index (κ1) is 17.5.